The Hall–Kier alpha value is -3.13. The van der Waals surface area contributed by atoms with Crippen LogP contribution in [0.2, 0.25) is 0 Å². The normalized spacial score (nSPS) is 17.7. The van der Waals surface area contributed by atoms with Gasteiger partial charge in [0.05, 0.1) is 26.9 Å². The molecule has 158 valence electrons. The Morgan fingerprint density at radius 3 is 2.00 bits per heavy atom. The summed E-state index contributed by atoms with van der Waals surface area (Å²) < 4.78 is 16.1. The summed E-state index contributed by atoms with van der Waals surface area (Å²) >= 11 is 4.41. The Kier molecular flexibility index (Phi) is 6.26. The van der Waals surface area contributed by atoms with Crippen LogP contribution in [0.1, 0.15) is 16.7 Å². The lowest BCUT2D eigenvalue weighted by molar-refractivity contribution is -0.124. The van der Waals surface area contributed by atoms with Gasteiger partial charge in [-0.1, -0.05) is 6.07 Å². The molecule has 0 saturated carbocycles. The predicted molar refractivity (Wildman–Crippen MR) is 118 cm³/mol. The molecule has 1 fully saturated rings. The fraction of sp³-hybridized carbons (Fsp3) is 0.273. The quantitative estimate of drug-likeness (QED) is 0.435. The number of benzene rings is 2. The molecule has 30 heavy (non-hydrogen) atoms. The first-order valence-electron chi connectivity index (χ1n) is 9.21. The van der Waals surface area contributed by atoms with E-state index in [1.165, 1.54) is 32.3 Å². The van der Waals surface area contributed by atoms with Crippen LogP contribution in [0.25, 0.3) is 6.08 Å². The topological polar surface area (TPSA) is 77.1 Å². The van der Waals surface area contributed by atoms with Crippen LogP contribution < -0.4 is 24.4 Å². The Morgan fingerprint density at radius 1 is 0.933 bits per heavy atom. The van der Waals surface area contributed by atoms with Gasteiger partial charge in [0.2, 0.25) is 0 Å². The molecule has 2 amide bonds. The molecule has 2 aromatic rings. The molecule has 1 saturated heterocycles. The second kappa shape index (κ2) is 8.71. The molecule has 1 N–H and O–H groups in total. The van der Waals surface area contributed by atoms with Crippen LogP contribution in [0.3, 0.4) is 0 Å². The first-order chi connectivity index (χ1) is 14.3. The molecule has 0 radical (unpaired) electrons. The van der Waals surface area contributed by atoms with Gasteiger partial charge in [0, 0.05) is 17.8 Å². The molecular formula is C22H24N2O5S. The maximum atomic E-state index is 13.3. The number of carbonyl (C=O) groups excluding carboxylic acids is 2. The lowest BCUT2D eigenvalue weighted by Gasteiger charge is -2.34. The number of anilines is 1. The molecule has 3 rings (SSSR count). The van der Waals surface area contributed by atoms with Crippen molar-refractivity contribution in [3.8, 4) is 17.2 Å². The summed E-state index contributed by atoms with van der Waals surface area (Å²) in [4.78, 5) is 27.5. The van der Waals surface area contributed by atoms with Crippen molar-refractivity contribution in [2.75, 3.05) is 26.2 Å². The summed E-state index contributed by atoms with van der Waals surface area (Å²) in [5.41, 5.74) is 2.26. The zero-order chi connectivity index (χ0) is 22.0. The summed E-state index contributed by atoms with van der Waals surface area (Å²) in [6.07, 6.45) is 1.46. The minimum atomic E-state index is -0.789. The second-order valence-electron chi connectivity index (χ2n) is 6.87. The van der Waals surface area contributed by atoms with Crippen LogP contribution in [-0.2, 0) is 9.59 Å². The summed E-state index contributed by atoms with van der Waals surface area (Å²) in [5.74, 6) is 0.345. The maximum Gasteiger partial charge on any atom is 0.266 e. The molecule has 0 spiro atoms. The molecule has 2 aromatic carbocycles. The summed E-state index contributed by atoms with van der Waals surface area (Å²) in [5, 5.41) is 2.72. The fourth-order valence-corrected chi connectivity index (χ4v) is 3.75. The van der Waals surface area contributed by atoms with E-state index in [0.29, 0.717) is 28.5 Å². The van der Waals surface area contributed by atoms with Crippen LogP contribution in [0.5, 0.6) is 17.2 Å². The van der Waals surface area contributed by atoms with E-state index in [2.05, 4.69) is 17.9 Å². The van der Waals surface area contributed by atoms with Crippen molar-refractivity contribution in [2.45, 2.75) is 19.3 Å². The van der Waals surface area contributed by atoms with Gasteiger partial charge in [-0.15, -0.1) is 12.6 Å². The van der Waals surface area contributed by atoms with E-state index in [9.17, 15) is 9.59 Å². The number of hydrogen-bond donors (Lipinski definition) is 2. The van der Waals surface area contributed by atoms with Crippen molar-refractivity contribution in [3.05, 3.63) is 52.6 Å². The minimum Gasteiger partial charge on any atom is -0.496 e. The number of ether oxygens (including phenoxy) is 3. The Bertz CT molecular complexity index is 989. The summed E-state index contributed by atoms with van der Waals surface area (Å²) in [6, 6.07) is 9.07. The van der Waals surface area contributed by atoms with E-state index in [4.69, 9.17) is 14.2 Å². The average molecular weight is 429 g/mol. The van der Waals surface area contributed by atoms with Crippen molar-refractivity contribution >= 4 is 36.2 Å². The zero-order valence-electron chi connectivity index (χ0n) is 17.5. The van der Waals surface area contributed by atoms with Gasteiger partial charge in [-0.25, -0.2) is 0 Å². The Balaban J connectivity index is 2.12. The third-order valence-corrected chi connectivity index (χ3v) is 5.09. The van der Waals surface area contributed by atoms with Crippen molar-refractivity contribution in [3.63, 3.8) is 0 Å². The van der Waals surface area contributed by atoms with Crippen molar-refractivity contribution in [1.82, 2.24) is 5.32 Å². The van der Waals surface area contributed by atoms with Crippen LogP contribution in [0.15, 0.2) is 35.9 Å². The van der Waals surface area contributed by atoms with Gasteiger partial charge in [0.1, 0.15) is 22.8 Å². The molecule has 8 heteroatoms. The molecule has 1 unspecified atom stereocenters. The third kappa shape index (κ3) is 4.09. The molecular weight excluding hydrogens is 404 g/mol. The number of nitrogens with zero attached hydrogens (tertiary/aromatic N) is 1. The van der Waals surface area contributed by atoms with Gasteiger partial charge in [0.15, 0.2) is 5.50 Å². The van der Waals surface area contributed by atoms with Crippen molar-refractivity contribution in [2.24, 2.45) is 0 Å². The van der Waals surface area contributed by atoms with Gasteiger partial charge < -0.3 is 19.5 Å². The maximum absolute atomic E-state index is 13.3. The van der Waals surface area contributed by atoms with E-state index >= 15 is 0 Å². The van der Waals surface area contributed by atoms with Crippen molar-refractivity contribution in [1.29, 1.82) is 0 Å². The van der Waals surface area contributed by atoms with E-state index < -0.39 is 17.3 Å². The average Bonchev–Trinajstić information content (AvgIpc) is 2.69. The molecule has 1 aliphatic heterocycles. The largest absolute Gasteiger partial charge is 0.496 e. The second-order valence-corrected chi connectivity index (χ2v) is 7.36. The number of hydrogen-bond acceptors (Lipinski definition) is 6. The lowest BCUT2D eigenvalue weighted by atomic mass is 10.0. The third-order valence-electron chi connectivity index (χ3n) is 4.73. The monoisotopic (exact) mass is 428 g/mol. The smallest absolute Gasteiger partial charge is 0.266 e. The summed E-state index contributed by atoms with van der Waals surface area (Å²) in [6.45, 7) is 3.89. The standard InChI is InChI=1S/C22H24N2O5S/c1-12-6-13(2)8-14(7-12)24-21(26)17(20(25)23-22(24)30)11-16-18(28-4)9-15(27-3)10-19(16)29-5/h6-11,22,30H,1-5H3,(H,23,25)/b17-11-. The molecule has 0 bridgehead atoms. The number of methoxy groups -OCH3 is 3. The molecule has 7 nitrogen and oxygen atoms in total. The van der Waals surface area contributed by atoms with Gasteiger partial charge in [-0.3, -0.25) is 14.5 Å². The molecule has 0 aromatic heterocycles. The van der Waals surface area contributed by atoms with Gasteiger partial charge in [-0.05, 0) is 43.2 Å². The molecule has 1 atom stereocenters. The van der Waals surface area contributed by atoms with Crippen LogP contribution in [-0.4, -0.2) is 38.6 Å². The zero-order valence-corrected chi connectivity index (χ0v) is 18.4. The van der Waals surface area contributed by atoms with Gasteiger partial charge >= 0.3 is 0 Å². The van der Waals surface area contributed by atoms with E-state index in [0.717, 1.165) is 11.1 Å². The number of thiol groups is 1. The number of nitrogens with one attached hydrogen (secondary N) is 1. The minimum absolute atomic E-state index is 0.0544. The van der Waals surface area contributed by atoms with Gasteiger partial charge in [-0.2, -0.15) is 0 Å². The predicted octanol–water partition coefficient (Wildman–Crippen LogP) is 3.09. The van der Waals surface area contributed by atoms with Crippen LogP contribution >= 0.6 is 12.6 Å². The van der Waals surface area contributed by atoms with Gasteiger partial charge in [0.25, 0.3) is 11.8 Å². The summed E-state index contributed by atoms with van der Waals surface area (Å²) in [7, 11) is 4.51. The molecule has 0 aliphatic carbocycles. The highest BCUT2D eigenvalue weighted by atomic mass is 32.1. The molecule has 1 heterocycles. The number of rotatable bonds is 5. The molecule has 1 aliphatic rings. The van der Waals surface area contributed by atoms with E-state index in [1.54, 1.807) is 12.1 Å². The Labute approximate surface area is 181 Å². The lowest BCUT2D eigenvalue weighted by Crippen LogP contribution is -2.55. The highest BCUT2D eigenvalue weighted by Crippen LogP contribution is 2.37. The first kappa shape index (κ1) is 21.6. The number of amides is 2. The number of aryl methyl sites for hydroxylation is 2. The highest BCUT2D eigenvalue weighted by molar-refractivity contribution is 7.81. The highest BCUT2D eigenvalue weighted by Gasteiger charge is 2.36. The van der Waals surface area contributed by atoms with Crippen LogP contribution in [0, 0.1) is 13.8 Å². The van der Waals surface area contributed by atoms with Crippen LogP contribution in [0.4, 0.5) is 5.69 Å². The van der Waals surface area contributed by atoms with Crippen molar-refractivity contribution < 1.29 is 23.8 Å². The SMILES string of the molecule is COc1cc(OC)c(/C=C2/C(=O)NC(S)N(c3cc(C)cc(C)c3)C2=O)c(OC)c1. The van der Waals surface area contributed by atoms with E-state index in [1.807, 2.05) is 32.0 Å². The Morgan fingerprint density at radius 2 is 1.50 bits per heavy atom. The van der Waals surface area contributed by atoms with E-state index in [-0.39, 0.29) is 5.57 Å². The first-order valence-corrected chi connectivity index (χ1v) is 9.73. The number of carbonyl (C=O) groups is 2. The fourth-order valence-electron chi connectivity index (χ4n) is 3.39.